The lowest BCUT2D eigenvalue weighted by atomic mass is 10.1. The predicted octanol–water partition coefficient (Wildman–Crippen LogP) is 5.71. The van der Waals surface area contributed by atoms with Crippen LogP contribution in [0.1, 0.15) is 90.9 Å². The molecule has 0 radical (unpaired) electrons. The highest BCUT2D eigenvalue weighted by molar-refractivity contribution is 7.80. The number of carboxylic acid groups (broad SMARTS) is 1. The number of rotatable bonds is 16. The van der Waals surface area contributed by atoms with E-state index in [0.717, 1.165) is 25.7 Å². The lowest BCUT2D eigenvalue weighted by Crippen LogP contribution is -2.01. The summed E-state index contributed by atoms with van der Waals surface area (Å²) < 4.78 is 30.7. The van der Waals surface area contributed by atoms with Crippen molar-refractivity contribution in [3.63, 3.8) is 0 Å². The van der Waals surface area contributed by atoms with Gasteiger partial charge in [0.1, 0.15) is 0 Å². The minimum atomic E-state index is -4.17. The van der Waals surface area contributed by atoms with Gasteiger partial charge in [-0.15, -0.1) is 0 Å². The lowest BCUT2D eigenvalue weighted by Gasteiger charge is -1.98. The molecule has 0 aliphatic rings. The van der Waals surface area contributed by atoms with Gasteiger partial charge in [0.25, 0.3) is 0 Å². The second-order valence-corrected chi connectivity index (χ2v) is 7.30. The van der Waals surface area contributed by atoms with E-state index in [2.05, 4.69) is 35.4 Å². The van der Waals surface area contributed by atoms with E-state index in [-0.39, 0.29) is 6.61 Å². The maximum atomic E-state index is 10.3. The molecule has 6 nitrogen and oxygen atoms in total. The largest absolute Gasteiger partial charge is 0.481 e. The van der Waals surface area contributed by atoms with Gasteiger partial charge >= 0.3 is 16.4 Å². The number of unbranched alkanes of at least 4 members (excludes halogenated alkanes) is 8. The molecule has 2 N–H and O–H groups in total. The maximum absolute atomic E-state index is 10.3. The van der Waals surface area contributed by atoms with E-state index in [9.17, 15) is 13.2 Å². The Labute approximate surface area is 165 Å². The molecule has 0 aliphatic heterocycles. The number of carboxylic acids is 1. The fraction of sp³-hybridized carbons (Fsp3) is 0.750. The second kappa shape index (κ2) is 21.1. The number of hydrogen-bond acceptors (Lipinski definition) is 4. The molecule has 0 bridgehead atoms. The van der Waals surface area contributed by atoms with E-state index in [1.807, 2.05) is 0 Å². The zero-order valence-electron chi connectivity index (χ0n) is 16.9. The minimum Gasteiger partial charge on any atom is -0.481 e. The van der Waals surface area contributed by atoms with Crippen LogP contribution in [0.4, 0.5) is 0 Å². The SMILES string of the molecule is CCCCC/C=C\C/C=C\CCCCCCCC(=O)O.CCOS(=O)(=O)O. The Hall–Kier alpha value is -1.18. The summed E-state index contributed by atoms with van der Waals surface area (Å²) in [6.07, 6.45) is 22.3. The van der Waals surface area contributed by atoms with Crippen LogP contribution in [0, 0.1) is 0 Å². The molecule has 0 spiro atoms. The fourth-order valence-electron chi connectivity index (χ4n) is 2.24. The molecule has 0 fully saturated rings. The summed E-state index contributed by atoms with van der Waals surface area (Å²) in [6.45, 7) is 3.67. The molecule has 160 valence electrons. The first-order valence-corrected chi connectivity index (χ1v) is 11.3. The molecule has 0 aliphatic carbocycles. The lowest BCUT2D eigenvalue weighted by molar-refractivity contribution is -0.137. The van der Waals surface area contributed by atoms with Crippen LogP contribution in [0.5, 0.6) is 0 Å². The van der Waals surface area contributed by atoms with Crippen LogP contribution in [-0.2, 0) is 19.4 Å². The highest BCUT2D eigenvalue weighted by Gasteiger charge is 1.98. The van der Waals surface area contributed by atoms with Crippen LogP contribution >= 0.6 is 0 Å². The van der Waals surface area contributed by atoms with Crippen LogP contribution in [0.2, 0.25) is 0 Å². The fourth-order valence-corrected chi connectivity index (χ4v) is 2.53. The van der Waals surface area contributed by atoms with Crippen molar-refractivity contribution < 1.29 is 27.1 Å². The average molecular weight is 407 g/mol. The smallest absolute Gasteiger partial charge is 0.397 e. The predicted molar refractivity (Wildman–Crippen MR) is 110 cm³/mol. The number of allylic oxidation sites excluding steroid dienone is 4. The summed E-state index contributed by atoms with van der Waals surface area (Å²) in [5, 5.41) is 8.50. The first-order valence-electron chi connectivity index (χ1n) is 9.97. The molecule has 0 rings (SSSR count). The van der Waals surface area contributed by atoms with Gasteiger partial charge in [-0.25, -0.2) is 4.18 Å². The normalized spacial score (nSPS) is 11.7. The molecule has 27 heavy (non-hydrogen) atoms. The highest BCUT2D eigenvalue weighted by Crippen LogP contribution is 2.08. The first-order chi connectivity index (χ1) is 12.8. The van der Waals surface area contributed by atoms with E-state index < -0.39 is 16.4 Å². The van der Waals surface area contributed by atoms with Crippen LogP contribution < -0.4 is 0 Å². The molecule has 0 amide bonds. The Morgan fingerprint density at radius 3 is 1.81 bits per heavy atom. The average Bonchev–Trinajstić information content (AvgIpc) is 2.57. The standard InChI is InChI=1S/C18H32O2.C2H6O4S/c1-2-3-4-5-6-7-8-9-10-11-12-13-14-15-16-17-18(19)20;1-2-6-7(3,4)5/h6-7,9-10H,2-5,8,11-17H2,1H3,(H,19,20);2H2,1H3,(H,3,4,5)/b7-6-,10-9-;. The zero-order valence-corrected chi connectivity index (χ0v) is 17.8. The molecule has 0 aromatic heterocycles. The Kier molecular flexibility index (Phi) is 21.9. The zero-order chi connectivity index (χ0) is 20.8. The summed E-state index contributed by atoms with van der Waals surface area (Å²) in [7, 11) is -4.17. The molecule has 0 heterocycles. The van der Waals surface area contributed by atoms with Crippen LogP contribution in [0.25, 0.3) is 0 Å². The van der Waals surface area contributed by atoms with Gasteiger partial charge in [-0.1, -0.05) is 63.3 Å². The van der Waals surface area contributed by atoms with Gasteiger partial charge in [0.15, 0.2) is 0 Å². The van der Waals surface area contributed by atoms with E-state index in [1.54, 1.807) is 0 Å². The highest BCUT2D eigenvalue weighted by atomic mass is 32.3. The van der Waals surface area contributed by atoms with Gasteiger partial charge in [0, 0.05) is 6.42 Å². The Morgan fingerprint density at radius 1 is 0.852 bits per heavy atom. The van der Waals surface area contributed by atoms with Crippen molar-refractivity contribution in [2.24, 2.45) is 0 Å². The molecule has 0 saturated carbocycles. The Morgan fingerprint density at radius 2 is 1.37 bits per heavy atom. The van der Waals surface area contributed by atoms with Crippen molar-refractivity contribution in [2.45, 2.75) is 90.9 Å². The molecular weight excluding hydrogens is 368 g/mol. The summed E-state index contributed by atoms with van der Waals surface area (Å²) in [5.74, 6) is -0.671. The van der Waals surface area contributed by atoms with Gasteiger partial charge in [0.05, 0.1) is 6.61 Å². The van der Waals surface area contributed by atoms with Crippen molar-refractivity contribution >= 4 is 16.4 Å². The first kappa shape index (κ1) is 28.0. The third kappa shape index (κ3) is 32.9. The number of aliphatic carboxylic acids is 1. The van der Waals surface area contributed by atoms with Crippen molar-refractivity contribution in [3.8, 4) is 0 Å². The van der Waals surface area contributed by atoms with E-state index in [4.69, 9.17) is 9.66 Å². The Bertz CT molecular complexity index is 483. The molecule has 0 aromatic carbocycles. The van der Waals surface area contributed by atoms with Crippen LogP contribution in [0.15, 0.2) is 24.3 Å². The van der Waals surface area contributed by atoms with E-state index in [0.29, 0.717) is 6.42 Å². The number of hydrogen-bond donors (Lipinski definition) is 2. The van der Waals surface area contributed by atoms with Crippen LogP contribution in [0.3, 0.4) is 0 Å². The third-order valence-corrected chi connectivity index (χ3v) is 4.14. The molecule has 0 unspecified atom stereocenters. The van der Waals surface area contributed by atoms with Gasteiger partial charge < -0.3 is 5.11 Å². The van der Waals surface area contributed by atoms with Gasteiger partial charge in [0.2, 0.25) is 0 Å². The second-order valence-electron chi connectivity index (χ2n) is 6.21. The van der Waals surface area contributed by atoms with Gasteiger partial charge in [-0.2, -0.15) is 8.42 Å². The van der Waals surface area contributed by atoms with Crippen molar-refractivity contribution in [3.05, 3.63) is 24.3 Å². The Balaban J connectivity index is 0. The summed E-state index contributed by atoms with van der Waals surface area (Å²) in [5.41, 5.74) is 0. The number of carbonyl (C=O) groups is 1. The summed E-state index contributed by atoms with van der Waals surface area (Å²) >= 11 is 0. The summed E-state index contributed by atoms with van der Waals surface area (Å²) in [4.78, 5) is 10.3. The maximum Gasteiger partial charge on any atom is 0.397 e. The van der Waals surface area contributed by atoms with Crippen molar-refractivity contribution in [1.82, 2.24) is 0 Å². The molecule has 7 heteroatoms. The van der Waals surface area contributed by atoms with Crippen LogP contribution in [-0.4, -0.2) is 30.7 Å². The molecule has 0 saturated heterocycles. The summed E-state index contributed by atoms with van der Waals surface area (Å²) in [6, 6.07) is 0. The van der Waals surface area contributed by atoms with E-state index in [1.165, 1.54) is 51.9 Å². The van der Waals surface area contributed by atoms with Crippen molar-refractivity contribution in [2.75, 3.05) is 6.61 Å². The molecular formula is C20H38O6S. The molecule has 0 atom stereocenters. The topological polar surface area (TPSA) is 101 Å². The quantitative estimate of drug-likeness (QED) is 0.193. The van der Waals surface area contributed by atoms with Gasteiger partial charge in [-0.3, -0.25) is 9.35 Å². The molecule has 0 aromatic rings. The van der Waals surface area contributed by atoms with Gasteiger partial charge in [-0.05, 0) is 45.4 Å². The monoisotopic (exact) mass is 406 g/mol. The minimum absolute atomic E-state index is 0.0289. The third-order valence-electron chi connectivity index (χ3n) is 3.61. The van der Waals surface area contributed by atoms with E-state index >= 15 is 0 Å². The van der Waals surface area contributed by atoms with Crippen molar-refractivity contribution in [1.29, 1.82) is 0 Å².